The zero-order valence-corrected chi connectivity index (χ0v) is 10.9. The largest absolute Gasteiger partial charge is 0.466 e. The quantitative estimate of drug-likeness (QED) is 0.519. The van der Waals surface area contributed by atoms with Gasteiger partial charge in [-0.3, -0.25) is 4.79 Å². The number of hydrogen-bond acceptors (Lipinski definition) is 6. The lowest BCUT2D eigenvalue weighted by atomic mass is 10.3. The Balaban J connectivity index is 2.29. The van der Waals surface area contributed by atoms with E-state index < -0.39 is 0 Å². The van der Waals surface area contributed by atoms with Gasteiger partial charge in [-0.2, -0.15) is 0 Å². The molecule has 0 spiro atoms. The summed E-state index contributed by atoms with van der Waals surface area (Å²) >= 11 is 1.58. The SMILES string of the molecule is CCOC(=O)Cc1csc(CCNCCN)n1. The van der Waals surface area contributed by atoms with Crippen LogP contribution < -0.4 is 11.1 Å². The van der Waals surface area contributed by atoms with E-state index in [0.29, 0.717) is 13.2 Å². The predicted octanol–water partition coefficient (Wildman–Crippen LogP) is 0.340. The highest BCUT2D eigenvalue weighted by molar-refractivity contribution is 7.09. The molecule has 0 fully saturated rings. The number of thiazole rings is 1. The Bertz CT molecular complexity index is 341. The van der Waals surface area contributed by atoms with Crippen LogP contribution in [0.3, 0.4) is 0 Å². The molecule has 0 atom stereocenters. The number of nitrogens with two attached hydrogens (primary N) is 1. The average molecular weight is 257 g/mol. The van der Waals surface area contributed by atoms with Gasteiger partial charge < -0.3 is 15.8 Å². The molecule has 1 heterocycles. The molecule has 0 amide bonds. The molecular weight excluding hydrogens is 238 g/mol. The van der Waals surface area contributed by atoms with Gasteiger partial charge in [-0.25, -0.2) is 4.98 Å². The molecule has 0 saturated heterocycles. The molecule has 0 aromatic carbocycles. The van der Waals surface area contributed by atoms with Gasteiger partial charge in [0.25, 0.3) is 0 Å². The lowest BCUT2D eigenvalue weighted by Crippen LogP contribution is -2.24. The first kappa shape index (κ1) is 14.1. The van der Waals surface area contributed by atoms with Crippen molar-refractivity contribution in [2.24, 2.45) is 5.73 Å². The number of ether oxygens (including phenoxy) is 1. The van der Waals surface area contributed by atoms with Crippen molar-refractivity contribution < 1.29 is 9.53 Å². The second kappa shape index (κ2) is 8.16. The summed E-state index contributed by atoms with van der Waals surface area (Å²) in [5.74, 6) is -0.217. The highest BCUT2D eigenvalue weighted by Crippen LogP contribution is 2.11. The van der Waals surface area contributed by atoms with Crippen molar-refractivity contribution >= 4 is 17.3 Å². The fourth-order valence-electron chi connectivity index (χ4n) is 1.33. The first-order chi connectivity index (χ1) is 8.26. The van der Waals surface area contributed by atoms with Crippen molar-refractivity contribution in [3.05, 3.63) is 16.1 Å². The lowest BCUT2D eigenvalue weighted by Gasteiger charge is -2.00. The summed E-state index contributed by atoms with van der Waals surface area (Å²) in [7, 11) is 0. The van der Waals surface area contributed by atoms with E-state index in [0.717, 1.165) is 30.2 Å². The number of nitrogens with zero attached hydrogens (tertiary/aromatic N) is 1. The molecule has 1 aromatic heterocycles. The average Bonchev–Trinajstić information content (AvgIpc) is 2.72. The number of carbonyl (C=O) groups is 1. The van der Waals surface area contributed by atoms with Crippen LogP contribution >= 0.6 is 11.3 Å². The Kier molecular flexibility index (Phi) is 6.76. The van der Waals surface area contributed by atoms with Crippen LogP contribution in [-0.4, -0.2) is 37.2 Å². The molecular formula is C11H19N3O2S. The van der Waals surface area contributed by atoms with Crippen molar-refractivity contribution in [1.82, 2.24) is 10.3 Å². The highest BCUT2D eigenvalue weighted by atomic mass is 32.1. The third kappa shape index (κ3) is 5.76. The molecule has 96 valence electrons. The van der Waals surface area contributed by atoms with Gasteiger partial charge >= 0.3 is 5.97 Å². The van der Waals surface area contributed by atoms with Crippen LogP contribution in [0.5, 0.6) is 0 Å². The van der Waals surface area contributed by atoms with Gasteiger partial charge in [0, 0.05) is 31.4 Å². The van der Waals surface area contributed by atoms with Crippen LogP contribution in [0, 0.1) is 0 Å². The Labute approximate surface area is 105 Å². The standard InChI is InChI=1S/C11H19N3O2S/c1-2-16-11(15)7-9-8-17-10(14-9)3-5-13-6-4-12/h8,13H,2-7,12H2,1H3. The van der Waals surface area contributed by atoms with Crippen LogP contribution in [0.25, 0.3) is 0 Å². The zero-order chi connectivity index (χ0) is 12.5. The van der Waals surface area contributed by atoms with Crippen molar-refractivity contribution in [2.75, 3.05) is 26.2 Å². The van der Waals surface area contributed by atoms with E-state index >= 15 is 0 Å². The fraction of sp³-hybridized carbons (Fsp3) is 0.636. The maximum absolute atomic E-state index is 11.2. The minimum atomic E-state index is -0.217. The number of nitrogens with one attached hydrogen (secondary N) is 1. The van der Waals surface area contributed by atoms with Gasteiger partial charge in [0.15, 0.2) is 0 Å². The topological polar surface area (TPSA) is 77.2 Å². The molecule has 6 heteroatoms. The minimum absolute atomic E-state index is 0.217. The molecule has 0 aliphatic rings. The normalized spacial score (nSPS) is 10.5. The third-order valence-electron chi connectivity index (χ3n) is 2.07. The molecule has 0 radical (unpaired) electrons. The lowest BCUT2D eigenvalue weighted by molar-refractivity contribution is -0.142. The van der Waals surface area contributed by atoms with Crippen LogP contribution in [0.15, 0.2) is 5.38 Å². The van der Waals surface area contributed by atoms with E-state index in [1.165, 1.54) is 0 Å². The maximum Gasteiger partial charge on any atom is 0.311 e. The molecule has 3 N–H and O–H groups in total. The maximum atomic E-state index is 11.2. The number of carbonyl (C=O) groups excluding carboxylic acids is 1. The number of hydrogen-bond donors (Lipinski definition) is 2. The number of esters is 1. The van der Waals surface area contributed by atoms with Crippen LogP contribution in [-0.2, 0) is 22.4 Å². The van der Waals surface area contributed by atoms with Crippen molar-refractivity contribution in [3.8, 4) is 0 Å². The molecule has 0 unspecified atom stereocenters. The second-order valence-electron chi connectivity index (χ2n) is 3.50. The second-order valence-corrected chi connectivity index (χ2v) is 4.45. The summed E-state index contributed by atoms with van der Waals surface area (Å²) in [5, 5.41) is 6.15. The Morgan fingerprint density at radius 2 is 2.41 bits per heavy atom. The van der Waals surface area contributed by atoms with E-state index in [4.69, 9.17) is 10.5 Å². The monoisotopic (exact) mass is 257 g/mol. The summed E-state index contributed by atoms with van der Waals surface area (Å²) in [4.78, 5) is 15.6. The number of rotatable bonds is 8. The first-order valence-corrected chi connectivity index (χ1v) is 6.64. The van der Waals surface area contributed by atoms with Gasteiger partial charge in [-0.1, -0.05) is 0 Å². The van der Waals surface area contributed by atoms with E-state index in [2.05, 4.69) is 10.3 Å². The molecule has 5 nitrogen and oxygen atoms in total. The predicted molar refractivity (Wildman–Crippen MR) is 68.1 cm³/mol. The summed E-state index contributed by atoms with van der Waals surface area (Å²) < 4.78 is 4.87. The number of aromatic nitrogens is 1. The van der Waals surface area contributed by atoms with Crippen molar-refractivity contribution in [2.45, 2.75) is 19.8 Å². The molecule has 17 heavy (non-hydrogen) atoms. The van der Waals surface area contributed by atoms with E-state index in [1.54, 1.807) is 18.3 Å². The smallest absolute Gasteiger partial charge is 0.311 e. The Morgan fingerprint density at radius 1 is 1.59 bits per heavy atom. The Hall–Kier alpha value is -0.980. The summed E-state index contributed by atoms with van der Waals surface area (Å²) in [6.07, 6.45) is 1.13. The fourth-order valence-corrected chi connectivity index (χ4v) is 2.13. The van der Waals surface area contributed by atoms with Gasteiger partial charge in [0.1, 0.15) is 0 Å². The van der Waals surface area contributed by atoms with Crippen molar-refractivity contribution in [1.29, 1.82) is 0 Å². The summed E-state index contributed by atoms with van der Waals surface area (Å²) in [5.41, 5.74) is 6.16. The minimum Gasteiger partial charge on any atom is -0.466 e. The van der Waals surface area contributed by atoms with Gasteiger partial charge in [0.2, 0.25) is 0 Å². The van der Waals surface area contributed by atoms with Gasteiger partial charge in [-0.15, -0.1) is 11.3 Å². The molecule has 0 saturated carbocycles. The van der Waals surface area contributed by atoms with Crippen LogP contribution in [0.2, 0.25) is 0 Å². The van der Waals surface area contributed by atoms with E-state index in [-0.39, 0.29) is 12.4 Å². The Morgan fingerprint density at radius 3 is 3.12 bits per heavy atom. The highest BCUT2D eigenvalue weighted by Gasteiger charge is 2.07. The molecule has 0 aliphatic heterocycles. The van der Waals surface area contributed by atoms with Gasteiger partial charge in [0.05, 0.1) is 23.7 Å². The van der Waals surface area contributed by atoms with Crippen LogP contribution in [0.4, 0.5) is 0 Å². The molecule has 1 aromatic rings. The molecule has 0 aliphatic carbocycles. The molecule has 1 rings (SSSR count). The van der Waals surface area contributed by atoms with E-state index in [9.17, 15) is 4.79 Å². The third-order valence-corrected chi connectivity index (χ3v) is 3.02. The van der Waals surface area contributed by atoms with Gasteiger partial charge in [-0.05, 0) is 6.92 Å². The summed E-state index contributed by atoms with van der Waals surface area (Å²) in [6, 6.07) is 0. The van der Waals surface area contributed by atoms with Crippen LogP contribution in [0.1, 0.15) is 17.6 Å². The first-order valence-electron chi connectivity index (χ1n) is 5.76. The molecule has 0 bridgehead atoms. The van der Waals surface area contributed by atoms with E-state index in [1.807, 2.05) is 5.38 Å². The van der Waals surface area contributed by atoms with Crippen molar-refractivity contribution in [3.63, 3.8) is 0 Å². The zero-order valence-electron chi connectivity index (χ0n) is 10.1. The summed E-state index contributed by atoms with van der Waals surface area (Å²) in [6.45, 7) is 4.54.